The lowest BCUT2D eigenvalue weighted by Gasteiger charge is -2.40. The molecule has 0 atom stereocenters. The Kier molecular flexibility index (Phi) is 7.17. The van der Waals surface area contributed by atoms with E-state index in [1.807, 2.05) is 0 Å². The molecule has 2 N–H and O–H groups in total. The van der Waals surface area contributed by atoms with Crippen LogP contribution in [0.4, 0.5) is 0 Å². The number of rotatable bonds is 3. The van der Waals surface area contributed by atoms with E-state index < -0.39 is 19.6 Å². The fourth-order valence-electron chi connectivity index (χ4n) is 3.41. The van der Waals surface area contributed by atoms with Gasteiger partial charge in [-0.3, -0.25) is 0 Å². The van der Waals surface area contributed by atoms with Crippen molar-refractivity contribution in [2.75, 3.05) is 13.2 Å². The molecule has 0 bridgehead atoms. The number of aliphatic hydroxyl groups is 2. The summed E-state index contributed by atoms with van der Waals surface area (Å²) in [6.45, 7) is -0.468. The van der Waals surface area contributed by atoms with Gasteiger partial charge in [-0.25, -0.2) is 0 Å². The molecule has 8 heteroatoms. The highest BCUT2D eigenvalue weighted by Gasteiger charge is 2.63. The zero-order valence-corrected chi connectivity index (χ0v) is 17.6. The molecule has 0 fully saturated rings. The Bertz CT molecular complexity index is 551. The highest BCUT2D eigenvalue weighted by molar-refractivity contribution is 6.70. The van der Waals surface area contributed by atoms with Crippen molar-refractivity contribution in [2.24, 2.45) is 0 Å². The van der Waals surface area contributed by atoms with E-state index in [1.54, 1.807) is 0 Å². The van der Waals surface area contributed by atoms with Crippen LogP contribution >= 0.6 is 69.6 Å². The summed E-state index contributed by atoms with van der Waals surface area (Å²) in [6.07, 6.45) is 5.29. The Morgan fingerprint density at radius 1 is 0.750 bits per heavy atom. The minimum atomic E-state index is -1.91. The number of aliphatic hydroxyl groups excluding tert-OH is 2. The van der Waals surface area contributed by atoms with Crippen LogP contribution in [0.3, 0.4) is 0 Å². The summed E-state index contributed by atoms with van der Waals surface area (Å²) in [7, 11) is 0. The Labute approximate surface area is 172 Å². The molecule has 0 saturated heterocycles. The van der Waals surface area contributed by atoms with E-state index in [4.69, 9.17) is 69.6 Å². The Morgan fingerprint density at radius 3 is 1.96 bits per heavy atom. The van der Waals surface area contributed by atoms with Crippen molar-refractivity contribution in [1.29, 1.82) is 0 Å². The quantitative estimate of drug-likeness (QED) is 0.523. The number of hydrogen-bond acceptors (Lipinski definition) is 2. The van der Waals surface area contributed by atoms with Crippen LogP contribution in [0.25, 0.3) is 0 Å². The Hall–Kier alpha value is 1.14. The van der Waals surface area contributed by atoms with Crippen molar-refractivity contribution in [3.8, 4) is 0 Å². The first kappa shape index (κ1) is 21.4. The third kappa shape index (κ3) is 3.73. The largest absolute Gasteiger partial charge is 0.392 e. The molecule has 0 unspecified atom stereocenters. The molecule has 2 nitrogen and oxygen atoms in total. The molecule has 0 aromatic heterocycles. The number of allylic oxidation sites excluding steroid dienone is 2. The summed E-state index contributed by atoms with van der Waals surface area (Å²) >= 11 is 38.4. The number of hydrogen-bond donors (Lipinski definition) is 2. The summed E-state index contributed by atoms with van der Waals surface area (Å²) < 4.78 is -5.36. The van der Waals surface area contributed by atoms with E-state index in [0.29, 0.717) is 12.0 Å². The van der Waals surface area contributed by atoms with Gasteiger partial charge in [-0.2, -0.15) is 0 Å². The normalized spacial score (nSPS) is 27.0. The zero-order chi connectivity index (χ0) is 18.2. The van der Waals surface area contributed by atoms with Gasteiger partial charge < -0.3 is 10.2 Å². The second-order valence-corrected chi connectivity index (χ2v) is 10.4. The first-order valence-electron chi connectivity index (χ1n) is 7.89. The van der Waals surface area contributed by atoms with Crippen molar-refractivity contribution in [3.05, 3.63) is 22.3 Å². The molecule has 138 valence electrons. The maximum absolute atomic E-state index is 9.97. The van der Waals surface area contributed by atoms with Crippen LogP contribution in [-0.2, 0) is 0 Å². The minimum Gasteiger partial charge on any atom is -0.392 e. The zero-order valence-electron chi connectivity index (χ0n) is 13.0. The van der Waals surface area contributed by atoms with Crippen molar-refractivity contribution >= 4 is 69.6 Å². The van der Waals surface area contributed by atoms with E-state index in [0.717, 1.165) is 48.8 Å². The molecule has 0 aromatic rings. The predicted molar refractivity (Wildman–Crippen MR) is 104 cm³/mol. The van der Waals surface area contributed by atoms with Gasteiger partial charge in [-0.1, -0.05) is 76.0 Å². The topological polar surface area (TPSA) is 40.5 Å². The molecule has 0 aromatic carbocycles. The lowest BCUT2D eigenvalue weighted by molar-refractivity contribution is 0.320. The molecule has 0 radical (unpaired) electrons. The maximum atomic E-state index is 9.97. The van der Waals surface area contributed by atoms with Gasteiger partial charge in [0.2, 0.25) is 0 Å². The lowest BCUT2D eigenvalue weighted by atomic mass is 9.89. The van der Waals surface area contributed by atoms with Gasteiger partial charge >= 0.3 is 0 Å². The summed E-state index contributed by atoms with van der Waals surface area (Å²) in [5.74, 6) is 0. The third-order valence-electron chi connectivity index (χ3n) is 4.83. The van der Waals surface area contributed by atoms with Crippen molar-refractivity contribution in [2.45, 2.75) is 57.9 Å². The first-order chi connectivity index (χ1) is 11.1. The molecule has 0 heterocycles. The van der Waals surface area contributed by atoms with Gasteiger partial charge in [-0.15, -0.1) is 0 Å². The van der Waals surface area contributed by atoms with Gasteiger partial charge in [0.15, 0.2) is 13.0 Å². The molecule has 2 aliphatic carbocycles. The summed E-state index contributed by atoms with van der Waals surface area (Å²) in [6, 6.07) is 0. The highest BCUT2D eigenvalue weighted by atomic mass is 35.5. The van der Waals surface area contributed by atoms with E-state index in [-0.39, 0.29) is 13.0 Å². The van der Waals surface area contributed by atoms with Crippen LogP contribution < -0.4 is 0 Å². The lowest BCUT2D eigenvalue weighted by Crippen LogP contribution is -2.50. The average molecular weight is 457 g/mol. The van der Waals surface area contributed by atoms with E-state index in [2.05, 4.69) is 0 Å². The Morgan fingerprint density at radius 2 is 1.38 bits per heavy atom. The second-order valence-electron chi connectivity index (χ2n) is 6.27. The van der Waals surface area contributed by atoms with Gasteiger partial charge in [0.05, 0.1) is 13.2 Å². The highest BCUT2D eigenvalue weighted by Crippen LogP contribution is 2.61. The molecular weight excluding hydrogens is 437 g/mol. The SMILES string of the molecule is OCC1=C(C2=C(CO)C(Cl)(Cl)C(Cl)(Cl)C(Cl)(Cl)CC2)CCCCC1. The van der Waals surface area contributed by atoms with E-state index in [9.17, 15) is 10.2 Å². The van der Waals surface area contributed by atoms with Gasteiger partial charge in [0.1, 0.15) is 0 Å². The average Bonchev–Trinajstić information content (AvgIpc) is 2.77. The third-order valence-corrected chi connectivity index (χ3v) is 8.79. The summed E-state index contributed by atoms with van der Waals surface area (Å²) in [4.78, 5) is 0. The predicted octanol–water partition coefficient (Wildman–Crippen LogP) is 5.84. The maximum Gasteiger partial charge on any atom is 0.187 e. The van der Waals surface area contributed by atoms with Gasteiger partial charge in [0.25, 0.3) is 0 Å². The molecular formula is C16H20Cl6O2. The molecule has 2 aliphatic rings. The smallest absolute Gasteiger partial charge is 0.187 e. The van der Waals surface area contributed by atoms with Crippen molar-refractivity contribution in [1.82, 2.24) is 0 Å². The van der Waals surface area contributed by atoms with Gasteiger partial charge in [0, 0.05) is 0 Å². The van der Waals surface area contributed by atoms with Crippen LogP contribution in [0.2, 0.25) is 0 Å². The molecule has 0 aliphatic heterocycles. The summed E-state index contributed by atoms with van der Waals surface area (Å²) in [5, 5.41) is 19.7. The minimum absolute atomic E-state index is 0.0467. The van der Waals surface area contributed by atoms with Crippen molar-refractivity contribution in [3.63, 3.8) is 0 Å². The first-order valence-corrected chi connectivity index (χ1v) is 10.2. The molecule has 0 amide bonds. The van der Waals surface area contributed by atoms with Crippen LogP contribution in [0.1, 0.15) is 44.9 Å². The molecule has 24 heavy (non-hydrogen) atoms. The van der Waals surface area contributed by atoms with E-state index in [1.165, 1.54) is 0 Å². The molecule has 0 spiro atoms. The fraction of sp³-hybridized carbons (Fsp3) is 0.750. The van der Waals surface area contributed by atoms with Gasteiger partial charge in [-0.05, 0) is 60.8 Å². The Balaban J connectivity index is 2.66. The number of halogens is 6. The monoisotopic (exact) mass is 454 g/mol. The molecule has 2 rings (SSSR count). The van der Waals surface area contributed by atoms with E-state index >= 15 is 0 Å². The molecule has 0 saturated carbocycles. The number of alkyl halides is 6. The summed E-state index contributed by atoms with van der Waals surface area (Å²) in [5.41, 5.74) is 2.98. The van der Waals surface area contributed by atoms with Crippen LogP contribution in [0, 0.1) is 0 Å². The van der Waals surface area contributed by atoms with Crippen LogP contribution in [-0.4, -0.2) is 36.4 Å². The van der Waals surface area contributed by atoms with Crippen molar-refractivity contribution < 1.29 is 10.2 Å². The van der Waals surface area contributed by atoms with Crippen LogP contribution in [0.15, 0.2) is 22.3 Å². The fourth-order valence-corrected chi connectivity index (χ4v) is 5.16. The second kappa shape index (κ2) is 8.02. The standard InChI is InChI=1S/C16H20Cl6O2/c17-14(18)7-6-12(11-5-3-1-2-4-10(11)8-23)13(9-24)15(19,20)16(14,21)22/h23-24H,1-9H2. The van der Waals surface area contributed by atoms with Crippen LogP contribution in [0.5, 0.6) is 0 Å².